The van der Waals surface area contributed by atoms with Gasteiger partial charge in [-0.1, -0.05) is 41.5 Å². The molecule has 0 saturated heterocycles. The first-order valence-electron chi connectivity index (χ1n) is 19.6. The molecule has 0 amide bonds. The van der Waals surface area contributed by atoms with Crippen molar-refractivity contribution >= 4 is 58.5 Å². The van der Waals surface area contributed by atoms with Crippen LogP contribution in [0, 0.1) is 22.7 Å². The Morgan fingerprint density at radius 3 is 1.31 bits per heavy atom. The normalized spacial score (nSPS) is 11.0. The van der Waals surface area contributed by atoms with Gasteiger partial charge in [0.15, 0.2) is 23.1 Å². The van der Waals surface area contributed by atoms with Gasteiger partial charge in [0.25, 0.3) is 0 Å². The number of benzene rings is 2. The van der Waals surface area contributed by atoms with E-state index in [0.717, 1.165) is 67.5 Å². The maximum atomic E-state index is 13.2. The van der Waals surface area contributed by atoms with Crippen molar-refractivity contribution in [1.82, 2.24) is 54.1 Å². The Bertz CT molecular complexity index is 3260. The number of carboxylic acids is 4. The van der Waals surface area contributed by atoms with Crippen LogP contribution >= 0.6 is 0 Å². The summed E-state index contributed by atoms with van der Waals surface area (Å²) in [6.45, 7) is 10.4. The minimum absolute atomic E-state index is 0. The van der Waals surface area contributed by atoms with Crippen molar-refractivity contribution in [1.29, 1.82) is 10.5 Å². The molecule has 0 radical (unpaired) electrons. The minimum atomic E-state index is -1.71. The molecule has 0 saturated carbocycles. The van der Waals surface area contributed by atoms with Crippen molar-refractivity contribution in [2.75, 3.05) is 5.73 Å². The molecular weight excluding hydrogens is 1100 g/mol. The summed E-state index contributed by atoms with van der Waals surface area (Å²) in [5, 5.41) is 101. The molecule has 348 valence electrons. The number of nitrogens with two attached hydrogens (primary N) is 1. The quantitative estimate of drug-likeness (QED) is 0.0847. The molecule has 28 nitrogen and oxygen atoms in total. The third-order valence-electron chi connectivity index (χ3n) is 9.69. The van der Waals surface area contributed by atoms with E-state index in [4.69, 9.17) is 11.5 Å². The summed E-state index contributed by atoms with van der Waals surface area (Å²) in [5.41, 5.74) is 10.0. The Labute approximate surface area is 630 Å². The smallest absolute Gasteiger partial charge is 0.545 e. The van der Waals surface area contributed by atoms with Crippen LogP contribution in [0.15, 0.2) is 74.0 Å². The molecule has 0 unspecified atom stereocenters. The van der Waals surface area contributed by atoms with E-state index in [1.54, 1.807) is 41.5 Å². The number of aromatic amines is 1. The number of hydrogen-bond donors (Lipinski definition) is 2. The number of nitriles is 2. The van der Waals surface area contributed by atoms with Gasteiger partial charge in [-0.15, -0.1) is 20.5 Å². The molecule has 0 atom stereocenters. The maximum Gasteiger partial charge on any atom is 1.00 e. The van der Waals surface area contributed by atoms with E-state index < -0.39 is 74.4 Å². The number of nitrogens with one attached hydrogen (secondary N) is 2. The summed E-state index contributed by atoms with van der Waals surface area (Å²) < 4.78 is 3.79. The monoisotopic (exact) mass is 1130 g/mol. The molecule has 2 aromatic carbocycles. The van der Waals surface area contributed by atoms with Crippen LogP contribution in [0.2, 0.25) is 0 Å². The number of hydrogen-bond acceptors (Lipinski definition) is 22. The molecule has 7 rings (SSSR count). The number of nitrogens with zero attached hydrogens (tertiary/aromatic N) is 16. The number of carbonyl (C=O) groups is 4. The summed E-state index contributed by atoms with van der Waals surface area (Å²) in [6.07, 6.45) is 2.14. The van der Waals surface area contributed by atoms with Crippen LogP contribution in [0.4, 0.5) is 34.6 Å². The van der Waals surface area contributed by atoms with E-state index >= 15 is 0 Å². The fraction of sp³-hybridized carbons (Fsp3) is 0.195. The first kappa shape index (κ1) is 68.0. The molecule has 0 fully saturated rings. The van der Waals surface area contributed by atoms with E-state index in [1.165, 1.54) is 0 Å². The van der Waals surface area contributed by atoms with Crippen LogP contribution in [0.25, 0.3) is 29.0 Å². The third kappa shape index (κ3) is 14.8. The first-order valence-corrected chi connectivity index (χ1v) is 19.6. The van der Waals surface area contributed by atoms with Crippen LogP contribution in [-0.4, -0.2) is 78.0 Å². The van der Waals surface area contributed by atoms with Gasteiger partial charge in [-0.05, 0) is 64.5 Å². The summed E-state index contributed by atoms with van der Waals surface area (Å²) in [6, 6.07) is 9.50. The molecule has 5 heterocycles. The second-order valence-electron chi connectivity index (χ2n) is 16.6. The zero-order chi connectivity index (χ0) is 50.4. The van der Waals surface area contributed by atoms with Gasteiger partial charge in [-0.25, -0.2) is 14.2 Å². The summed E-state index contributed by atoms with van der Waals surface area (Å²) in [4.78, 5) is 70.7. The molecule has 4 N–H and O–H groups in total. The number of rotatable bonds is 12. The van der Waals surface area contributed by atoms with Gasteiger partial charge in [0, 0.05) is 10.8 Å². The van der Waals surface area contributed by atoms with Crippen LogP contribution in [0.5, 0.6) is 0 Å². The number of carbonyl (C=O) groups excluding carboxylic acids is 4. The van der Waals surface area contributed by atoms with Gasteiger partial charge in [0.2, 0.25) is 5.95 Å². The van der Waals surface area contributed by atoms with E-state index in [0.29, 0.717) is 0 Å². The number of nitrogen functional groups attached to an aromatic ring is 1. The van der Waals surface area contributed by atoms with E-state index in [2.05, 4.69) is 55.8 Å². The van der Waals surface area contributed by atoms with Gasteiger partial charge in [0.1, 0.15) is 34.9 Å². The van der Waals surface area contributed by atoms with Crippen molar-refractivity contribution < 1.29 is 297 Å². The Morgan fingerprint density at radius 1 is 0.595 bits per heavy atom. The molecule has 0 aliphatic heterocycles. The predicted octanol–water partition coefficient (Wildman–Crippen LogP) is -14.2. The average molecular weight is 1130 g/mol. The number of aromatic nitrogens is 11. The topological polar surface area (TPSA) is 437 Å². The molecule has 5 aromatic heterocycles. The number of aromatic carboxylic acids is 4. The van der Waals surface area contributed by atoms with Crippen molar-refractivity contribution in [3.8, 4) is 35.4 Å². The molecule has 74 heavy (non-hydrogen) atoms. The van der Waals surface area contributed by atoms with E-state index in [-0.39, 0.29) is 326 Å². The van der Waals surface area contributed by atoms with Crippen LogP contribution in [-0.2, 0) is 10.8 Å². The zero-order valence-electron chi connectivity index (χ0n) is 41.5. The second-order valence-corrected chi connectivity index (χ2v) is 16.6. The zero-order valence-corrected chi connectivity index (χ0v) is 57.1. The van der Waals surface area contributed by atoms with Gasteiger partial charge in [0.05, 0.1) is 59.0 Å². The fourth-order valence-corrected chi connectivity index (χ4v) is 6.46. The number of azo groups is 2. The third-order valence-corrected chi connectivity index (χ3v) is 9.69. The molecule has 33 heteroatoms. The molecular formula is C41H30K5N19O9. The molecule has 0 bridgehead atoms. The Kier molecular flexibility index (Phi) is 25.5. The second kappa shape index (κ2) is 27.7. The van der Waals surface area contributed by atoms with Crippen molar-refractivity contribution in [3.63, 3.8) is 0 Å². The van der Waals surface area contributed by atoms with E-state index in [1.807, 2.05) is 12.1 Å². The standard InChI is InChI=1S/C41H35N19O9.5K/c1-40(2,3)27-25(51-53-31-21(13-42)15-46-57(31)23-9-17(33(61)62)7-18(10-23)34(63)64)29(44)59(55-27)37-48-38(50-39(69)49-37)60-30(45)26(28(56-60)41(4,5)6)52-54-32-22(14-43)16-47-58(32)24-11-19(35(65)66)8-20(12-24)36(67)68;;;;;/h7-12,15-16H,1-6H3,(H9,44,45,46,47,48,49,50,53,54,55,56,61,62,63,64,65,66,67,68,69);;;;;/q;5*+1/p-5. The van der Waals surface area contributed by atoms with Crippen LogP contribution in [0.1, 0.15) is 105 Å². The van der Waals surface area contributed by atoms with Crippen molar-refractivity contribution in [2.45, 2.75) is 52.4 Å². The largest absolute Gasteiger partial charge is 1.00 e. The summed E-state index contributed by atoms with van der Waals surface area (Å²) >= 11 is 0. The minimum Gasteiger partial charge on any atom is -0.545 e. The first-order chi connectivity index (χ1) is 32.4. The molecule has 0 spiro atoms. The Morgan fingerprint density at radius 2 is 0.946 bits per heavy atom. The summed E-state index contributed by atoms with van der Waals surface area (Å²) in [7, 11) is 0. The van der Waals surface area contributed by atoms with Gasteiger partial charge in [-0.2, -0.15) is 40.5 Å². The molecule has 7 aromatic rings. The Balaban J connectivity index is 0.00000375. The summed E-state index contributed by atoms with van der Waals surface area (Å²) in [5.74, 6) is -8.97. The SMILES string of the molecule is CC(C)(C)c1nn(-c2nc(=O)nc(-n3nc(C(C)(C)C)c(N=Nc4c(C#N)cnn4-c4cc(C(=O)[O-])cc(C(=O)[O-])c4)c3N)[nH]2)c([NH-])c1N=Nc1c(C#N)cnn1-c1cc(C(=O)[O-])cc(C(=O)[O-])c1.[K+].[K+].[K+].[K+].[K+]. The van der Waals surface area contributed by atoms with Crippen molar-refractivity contribution in [2.24, 2.45) is 20.5 Å². The van der Waals surface area contributed by atoms with Gasteiger partial charge in [-0.3, -0.25) is 5.10 Å². The molecule has 0 aliphatic rings. The predicted molar refractivity (Wildman–Crippen MR) is 225 cm³/mol. The average Bonchev–Trinajstić information content (AvgIpc) is 4.06. The number of anilines is 1. The van der Waals surface area contributed by atoms with Crippen LogP contribution in [0.3, 0.4) is 0 Å². The molecule has 0 aliphatic carbocycles. The van der Waals surface area contributed by atoms with Gasteiger partial charge >= 0.3 is 263 Å². The van der Waals surface area contributed by atoms with Crippen LogP contribution < -0.4 is 289 Å². The number of carboxylic acid groups (broad SMARTS) is 4. The fourth-order valence-electron chi connectivity index (χ4n) is 6.46. The number of H-pyrrole nitrogens is 1. The Hall–Kier alpha value is -2.07. The maximum absolute atomic E-state index is 13.2. The van der Waals surface area contributed by atoms with E-state index in [9.17, 15) is 54.9 Å². The van der Waals surface area contributed by atoms with Gasteiger partial charge < -0.3 is 60.7 Å². The van der Waals surface area contributed by atoms with Crippen molar-refractivity contribution in [3.05, 3.63) is 110 Å².